The molecular formula is C22H25Cl2FN2OS. The Morgan fingerprint density at radius 1 is 1.24 bits per heavy atom. The molecule has 2 aromatic carbocycles. The molecule has 2 aromatic rings. The summed E-state index contributed by atoms with van der Waals surface area (Å²) in [5.41, 5.74) is 1.92. The van der Waals surface area contributed by atoms with E-state index >= 15 is 0 Å². The van der Waals surface area contributed by atoms with Gasteiger partial charge in [-0.1, -0.05) is 54.7 Å². The van der Waals surface area contributed by atoms with Crippen molar-refractivity contribution in [2.24, 2.45) is 0 Å². The van der Waals surface area contributed by atoms with E-state index in [0.29, 0.717) is 29.7 Å². The van der Waals surface area contributed by atoms with Gasteiger partial charge in [0, 0.05) is 28.9 Å². The van der Waals surface area contributed by atoms with Crippen molar-refractivity contribution >= 4 is 40.9 Å². The minimum atomic E-state index is -0.264. The number of hydrogen-bond acceptors (Lipinski definition) is 3. The number of amides is 1. The zero-order valence-corrected chi connectivity index (χ0v) is 18.7. The summed E-state index contributed by atoms with van der Waals surface area (Å²) in [5.74, 6) is 0.705. The molecule has 3 nitrogen and oxygen atoms in total. The number of halogens is 3. The van der Waals surface area contributed by atoms with Gasteiger partial charge < -0.3 is 4.90 Å². The number of thioether (sulfide) groups is 1. The monoisotopic (exact) mass is 454 g/mol. The molecule has 0 N–H and O–H groups in total. The Labute approximate surface area is 186 Å². The van der Waals surface area contributed by atoms with Crippen LogP contribution in [-0.4, -0.2) is 41.1 Å². The third kappa shape index (κ3) is 6.11. The first-order chi connectivity index (χ1) is 14.0. The molecule has 29 heavy (non-hydrogen) atoms. The van der Waals surface area contributed by atoms with Crippen molar-refractivity contribution in [2.75, 3.05) is 25.4 Å². The van der Waals surface area contributed by atoms with Gasteiger partial charge in [-0.25, -0.2) is 4.39 Å². The molecule has 0 aromatic heterocycles. The highest BCUT2D eigenvalue weighted by Gasteiger charge is 2.31. The molecule has 1 fully saturated rings. The molecule has 156 valence electrons. The number of hydrogen-bond donors (Lipinski definition) is 0. The molecule has 0 spiro atoms. The number of benzene rings is 2. The first kappa shape index (κ1) is 22.4. The Morgan fingerprint density at radius 3 is 2.69 bits per heavy atom. The maximum Gasteiger partial charge on any atom is 0.237 e. The summed E-state index contributed by atoms with van der Waals surface area (Å²) in [4.78, 5) is 17.2. The van der Waals surface area contributed by atoms with Gasteiger partial charge in [0.25, 0.3) is 0 Å². The van der Waals surface area contributed by atoms with E-state index in [1.165, 1.54) is 12.1 Å². The van der Waals surface area contributed by atoms with E-state index in [4.69, 9.17) is 23.2 Å². The smallest absolute Gasteiger partial charge is 0.237 e. The van der Waals surface area contributed by atoms with Crippen molar-refractivity contribution < 1.29 is 9.18 Å². The first-order valence-electron chi connectivity index (χ1n) is 9.80. The molecule has 1 atom stereocenters. The van der Waals surface area contributed by atoms with Crippen LogP contribution in [-0.2, 0) is 11.3 Å². The van der Waals surface area contributed by atoms with E-state index in [1.807, 2.05) is 17.0 Å². The quantitative estimate of drug-likeness (QED) is 0.487. The van der Waals surface area contributed by atoms with Crippen LogP contribution in [0.25, 0.3) is 0 Å². The number of rotatable bonds is 8. The molecule has 1 aliphatic rings. The fourth-order valence-corrected chi connectivity index (χ4v) is 5.14. The number of unbranched alkanes of at least 4 members (excludes halogenated alkanes) is 1. The lowest BCUT2D eigenvalue weighted by Gasteiger charge is -2.28. The second-order valence-electron chi connectivity index (χ2n) is 7.16. The minimum absolute atomic E-state index is 0.0600. The highest BCUT2D eigenvalue weighted by atomic mass is 35.5. The van der Waals surface area contributed by atoms with Gasteiger partial charge in [0.1, 0.15) is 11.2 Å². The highest BCUT2D eigenvalue weighted by molar-refractivity contribution is 7.99. The molecule has 0 saturated carbocycles. The van der Waals surface area contributed by atoms with E-state index in [9.17, 15) is 9.18 Å². The van der Waals surface area contributed by atoms with Crippen molar-refractivity contribution in [1.29, 1.82) is 0 Å². The van der Waals surface area contributed by atoms with Crippen LogP contribution in [0.5, 0.6) is 0 Å². The van der Waals surface area contributed by atoms with Gasteiger partial charge in [-0.15, -0.1) is 11.8 Å². The number of carbonyl (C=O) groups is 1. The van der Waals surface area contributed by atoms with Crippen molar-refractivity contribution in [3.05, 3.63) is 69.5 Å². The second-order valence-corrected chi connectivity index (χ2v) is 9.19. The van der Waals surface area contributed by atoms with Crippen LogP contribution in [0.1, 0.15) is 36.3 Å². The molecule has 0 aliphatic carbocycles. The first-order valence-corrected chi connectivity index (χ1v) is 11.6. The lowest BCUT2D eigenvalue weighted by atomic mass is 10.2. The molecule has 0 bridgehead atoms. The molecular weight excluding hydrogens is 430 g/mol. The summed E-state index contributed by atoms with van der Waals surface area (Å²) in [6.45, 7) is 4.59. The lowest BCUT2D eigenvalue weighted by molar-refractivity contribution is -0.132. The zero-order chi connectivity index (χ0) is 20.8. The third-order valence-corrected chi connectivity index (χ3v) is 6.81. The molecule has 0 radical (unpaired) electrons. The summed E-state index contributed by atoms with van der Waals surface area (Å²) in [5, 5.41) is 1.16. The maximum atomic E-state index is 13.3. The van der Waals surface area contributed by atoms with Gasteiger partial charge in [0.05, 0.1) is 6.54 Å². The molecule has 1 saturated heterocycles. The Bertz CT molecular complexity index is 834. The van der Waals surface area contributed by atoms with Gasteiger partial charge in [-0.05, 0) is 48.4 Å². The van der Waals surface area contributed by atoms with Crippen LogP contribution in [0.15, 0.2) is 42.5 Å². The standard InChI is InChI=1S/C22H25Cl2FN2OS/c1-2-3-10-26(14-17-4-7-18(23)13-20(17)24)15-21(28)27-11-12-29-22(27)16-5-8-19(25)9-6-16/h4-9,13,22H,2-3,10-12,14-15H2,1H3/t22-/m1/s1. The molecule has 3 rings (SSSR count). The van der Waals surface area contributed by atoms with Gasteiger partial charge >= 0.3 is 0 Å². The van der Waals surface area contributed by atoms with Crippen LogP contribution < -0.4 is 0 Å². The average Bonchev–Trinajstić information content (AvgIpc) is 3.18. The van der Waals surface area contributed by atoms with Crippen LogP contribution >= 0.6 is 35.0 Å². The Morgan fingerprint density at radius 2 is 2.00 bits per heavy atom. The van der Waals surface area contributed by atoms with Crippen molar-refractivity contribution in [3.8, 4) is 0 Å². The summed E-state index contributed by atoms with van der Waals surface area (Å²) in [7, 11) is 0. The summed E-state index contributed by atoms with van der Waals surface area (Å²) in [6.07, 6.45) is 2.06. The van der Waals surface area contributed by atoms with Crippen LogP contribution in [0.2, 0.25) is 10.0 Å². The van der Waals surface area contributed by atoms with Crippen molar-refractivity contribution in [3.63, 3.8) is 0 Å². The molecule has 0 unspecified atom stereocenters. The van der Waals surface area contributed by atoms with Gasteiger partial charge in [0.15, 0.2) is 0 Å². The largest absolute Gasteiger partial charge is 0.325 e. The Kier molecular flexibility index (Phi) is 8.25. The summed E-state index contributed by atoms with van der Waals surface area (Å²) in [6, 6.07) is 11.9. The zero-order valence-electron chi connectivity index (χ0n) is 16.4. The SMILES string of the molecule is CCCCN(CC(=O)N1CCS[C@@H]1c1ccc(F)cc1)Cc1ccc(Cl)cc1Cl. The van der Waals surface area contributed by atoms with Gasteiger partial charge in [-0.2, -0.15) is 0 Å². The molecule has 1 heterocycles. The van der Waals surface area contributed by atoms with E-state index in [0.717, 1.165) is 36.3 Å². The Balaban J connectivity index is 1.70. The molecule has 1 amide bonds. The predicted octanol–water partition coefficient (Wildman–Crippen LogP) is 6.01. The topological polar surface area (TPSA) is 23.6 Å². The number of nitrogens with zero attached hydrogens (tertiary/aromatic N) is 2. The summed E-state index contributed by atoms with van der Waals surface area (Å²) < 4.78 is 13.3. The summed E-state index contributed by atoms with van der Waals surface area (Å²) >= 11 is 14.1. The fraction of sp³-hybridized carbons (Fsp3) is 0.409. The van der Waals surface area contributed by atoms with Crippen molar-refractivity contribution in [2.45, 2.75) is 31.7 Å². The van der Waals surface area contributed by atoms with E-state index < -0.39 is 0 Å². The van der Waals surface area contributed by atoms with E-state index in [2.05, 4.69) is 11.8 Å². The Hall–Kier alpha value is -1.27. The van der Waals surface area contributed by atoms with E-state index in [1.54, 1.807) is 30.0 Å². The van der Waals surface area contributed by atoms with Gasteiger partial charge in [0.2, 0.25) is 5.91 Å². The van der Waals surface area contributed by atoms with Crippen molar-refractivity contribution in [1.82, 2.24) is 9.80 Å². The minimum Gasteiger partial charge on any atom is -0.325 e. The van der Waals surface area contributed by atoms with Crippen LogP contribution in [0.3, 0.4) is 0 Å². The van der Waals surface area contributed by atoms with Crippen LogP contribution in [0.4, 0.5) is 4.39 Å². The second kappa shape index (κ2) is 10.7. The molecule has 1 aliphatic heterocycles. The fourth-order valence-electron chi connectivity index (χ4n) is 3.40. The number of carbonyl (C=O) groups excluding carboxylic acids is 1. The lowest BCUT2D eigenvalue weighted by Crippen LogP contribution is -2.40. The predicted molar refractivity (Wildman–Crippen MR) is 120 cm³/mol. The van der Waals surface area contributed by atoms with E-state index in [-0.39, 0.29) is 17.1 Å². The van der Waals surface area contributed by atoms with Crippen LogP contribution in [0, 0.1) is 5.82 Å². The van der Waals surface area contributed by atoms with Gasteiger partial charge in [-0.3, -0.25) is 9.69 Å². The highest BCUT2D eigenvalue weighted by Crippen LogP contribution is 2.38. The normalized spacial score (nSPS) is 16.6. The average molecular weight is 455 g/mol. The molecule has 7 heteroatoms. The third-order valence-electron chi connectivity index (χ3n) is 4.96. The maximum absolute atomic E-state index is 13.3.